The summed E-state index contributed by atoms with van der Waals surface area (Å²) in [6, 6.07) is 3.72. The standard InChI is InChI=1S/C13H15ClO3/c1-9-7-11(8-10(2)13(9)14)17-6-4-3-5-12(15)16/h3-4,7-8H,5-6H2,1-2H3,(H,15,16)/b4-3+. The minimum atomic E-state index is -0.848. The number of hydrogen-bond donors (Lipinski definition) is 1. The fourth-order valence-electron chi connectivity index (χ4n) is 1.39. The van der Waals surface area contributed by atoms with Crippen LogP contribution in [0.4, 0.5) is 0 Å². The van der Waals surface area contributed by atoms with Crippen molar-refractivity contribution in [3.63, 3.8) is 0 Å². The molecular formula is C13H15ClO3. The Morgan fingerprint density at radius 1 is 1.35 bits per heavy atom. The molecule has 0 amide bonds. The Hall–Kier alpha value is -1.48. The Morgan fingerprint density at radius 2 is 1.94 bits per heavy atom. The van der Waals surface area contributed by atoms with Gasteiger partial charge in [0.25, 0.3) is 0 Å². The second-order valence-corrected chi connectivity index (χ2v) is 4.13. The first-order valence-corrected chi connectivity index (χ1v) is 5.65. The lowest BCUT2D eigenvalue weighted by atomic mass is 10.1. The lowest BCUT2D eigenvalue weighted by molar-refractivity contribution is -0.136. The van der Waals surface area contributed by atoms with E-state index < -0.39 is 5.97 Å². The molecule has 0 spiro atoms. The van der Waals surface area contributed by atoms with E-state index in [1.807, 2.05) is 26.0 Å². The summed E-state index contributed by atoms with van der Waals surface area (Å²) in [7, 11) is 0. The predicted octanol–water partition coefficient (Wildman–Crippen LogP) is 3.37. The molecule has 0 aliphatic heterocycles. The summed E-state index contributed by atoms with van der Waals surface area (Å²) < 4.78 is 5.47. The molecule has 0 saturated carbocycles. The fraction of sp³-hybridized carbons (Fsp3) is 0.308. The Balaban J connectivity index is 2.53. The molecule has 0 aromatic heterocycles. The summed E-state index contributed by atoms with van der Waals surface area (Å²) >= 11 is 6.03. The first-order chi connectivity index (χ1) is 8.00. The first kappa shape index (κ1) is 13.6. The Kier molecular flexibility index (Phi) is 5.04. The molecule has 0 atom stereocenters. The molecule has 0 aliphatic carbocycles. The van der Waals surface area contributed by atoms with Gasteiger partial charge in [-0.15, -0.1) is 0 Å². The minimum Gasteiger partial charge on any atom is -0.490 e. The number of benzene rings is 1. The fourth-order valence-corrected chi connectivity index (χ4v) is 1.50. The Morgan fingerprint density at radius 3 is 2.47 bits per heavy atom. The van der Waals surface area contributed by atoms with Crippen LogP contribution in [0.5, 0.6) is 5.75 Å². The van der Waals surface area contributed by atoms with E-state index in [1.54, 1.807) is 12.2 Å². The molecule has 1 aromatic rings. The molecule has 92 valence electrons. The third kappa shape index (κ3) is 4.49. The molecule has 3 nitrogen and oxygen atoms in total. The number of ether oxygens (including phenoxy) is 1. The molecular weight excluding hydrogens is 240 g/mol. The number of carbonyl (C=O) groups is 1. The van der Waals surface area contributed by atoms with Crippen molar-refractivity contribution in [3.8, 4) is 5.75 Å². The van der Waals surface area contributed by atoms with Crippen LogP contribution in [0.2, 0.25) is 5.02 Å². The second-order valence-electron chi connectivity index (χ2n) is 3.75. The van der Waals surface area contributed by atoms with E-state index in [-0.39, 0.29) is 6.42 Å². The van der Waals surface area contributed by atoms with Gasteiger partial charge in [-0.1, -0.05) is 23.8 Å². The van der Waals surface area contributed by atoms with Gasteiger partial charge in [-0.05, 0) is 37.1 Å². The molecule has 0 fully saturated rings. The quantitative estimate of drug-likeness (QED) is 0.820. The number of hydrogen-bond acceptors (Lipinski definition) is 2. The zero-order chi connectivity index (χ0) is 12.8. The summed E-state index contributed by atoms with van der Waals surface area (Å²) in [6.07, 6.45) is 3.27. The number of halogens is 1. The monoisotopic (exact) mass is 254 g/mol. The van der Waals surface area contributed by atoms with Crippen LogP contribution < -0.4 is 4.74 Å². The Labute approximate surface area is 106 Å². The highest BCUT2D eigenvalue weighted by Crippen LogP contribution is 2.25. The summed E-state index contributed by atoms with van der Waals surface area (Å²) in [5.74, 6) is -0.108. The zero-order valence-corrected chi connectivity index (χ0v) is 10.6. The molecule has 1 N–H and O–H groups in total. The summed E-state index contributed by atoms with van der Waals surface area (Å²) in [4.78, 5) is 10.3. The van der Waals surface area contributed by atoms with Crippen LogP contribution in [-0.4, -0.2) is 17.7 Å². The van der Waals surface area contributed by atoms with Gasteiger partial charge in [0, 0.05) is 5.02 Å². The molecule has 17 heavy (non-hydrogen) atoms. The van der Waals surface area contributed by atoms with Gasteiger partial charge in [0.15, 0.2) is 0 Å². The molecule has 0 saturated heterocycles. The third-order valence-electron chi connectivity index (χ3n) is 2.22. The predicted molar refractivity (Wildman–Crippen MR) is 67.8 cm³/mol. The maximum absolute atomic E-state index is 10.3. The highest BCUT2D eigenvalue weighted by molar-refractivity contribution is 6.32. The van der Waals surface area contributed by atoms with E-state index in [0.29, 0.717) is 6.61 Å². The SMILES string of the molecule is Cc1cc(OC/C=C/CC(=O)O)cc(C)c1Cl. The van der Waals surface area contributed by atoms with Crippen molar-refractivity contribution in [2.75, 3.05) is 6.61 Å². The van der Waals surface area contributed by atoms with Gasteiger partial charge in [0.1, 0.15) is 12.4 Å². The number of carboxylic acid groups (broad SMARTS) is 1. The molecule has 0 radical (unpaired) electrons. The van der Waals surface area contributed by atoms with Crippen molar-refractivity contribution in [2.24, 2.45) is 0 Å². The summed E-state index contributed by atoms with van der Waals surface area (Å²) in [6.45, 7) is 4.19. The summed E-state index contributed by atoms with van der Waals surface area (Å²) in [5, 5.41) is 9.18. The van der Waals surface area contributed by atoms with Crippen LogP contribution in [0.25, 0.3) is 0 Å². The van der Waals surface area contributed by atoms with Crippen LogP contribution in [0, 0.1) is 13.8 Å². The number of rotatable bonds is 5. The van der Waals surface area contributed by atoms with Gasteiger partial charge in [-0.2, -0.15) is 0 Å². The highest BCUT2D eigenvalue weighted by Gasteiger charge is 2.02. The summed E-state index contributed by atoms with van der Waals surface area (Å²) in [5.41, 5.74) is 1.94. The average Bonchev–Trinajstić information content (AvgIpc) is 2.25. The van der Waals surface area contributed by atoms with Crippen LogP contribution in [0.15, 0.2) is 24.3 Å². The van der Waals surface area contributed by atoms with Gasteiger partial charge in [-0.3, -0.25) is 4.79 Å². The van der Waals surface area contributed by atoms with Gasteiger partial charge in [0.05, 0.1) is 6.42 Å². The third-order valence-corrected chi connectivity index (χ3v) is 2.81. The van der Waals surface area contributed by atoms with Crippen LogP contribution in [0.3, 0.4) is 0 Å². The van der Waals surface area contributed by atoms with Crippen molar-refractivity contribution >= 4 is 17.6 Å². The van der Waals surface area contributed by atoms with Gasteiger partial charge < -0.3 is 9.84 Å². The second kappa shape index (κ2) is 6.30. The van der Waals surface area contributed by atoms with Gasteiger partial charge >= 0.3 is 5.97 Å². The molecule has 1 aromatic carbocycles. The van der Waals surface area contributed by atoms with Crippen molar-refractivity contribution in [3.05, 3.63) is 40.4 Å². The number of aliphatic carboxylic acids is 1. The molecule has 0 heterocycles. The normalized spacial score (nSPS) is 10.8. The number of aryl methyl sites for hydroxylation is 2. The van der Waals surface area contributed by atoms with Crippen LogP contribution in [-0.2, 0) is 4.79 Å². The molecule has 4 heteroatoms. The van der Waals surface area contributed by atoms with E-state index in [0.717, 1.165) is 21.9 Å². The molecule has 1 rings (SSSR count). The van der Waals surface area contributed by atoms with Crippen molar-refractivity contribution in [1.29, 1.82) is 0 Å². The molecule has 0 bridgehead atoms. The minimum absolute atomic E-state index is 0.0159. The van der Waals surface area contributed by atoms with E-state index in [4.69, 9.17) is 21.4 Å². The van der Waals surface area contributed by atoms with Gasteiger partial charge in [-0.25, -0.2) is 0 Å². The van der Waals surface area contributed by atoms with E-state index in [2.05, 4.69) is 0 Å². The van der Waals surface area contributed by atoms with Crippen molar-refractivity contribution < 1.29 is 14.6 Å². The topological polar surface area (TPSA) is 46.5 Å². The maximum Gasteiger partial charge on any atom is 0.307 e. The van der Waals surface area contributed by atoms with Crippen LogP contribution >= 0.6 is 11.6 Å². The van der Waals surface area contributed by atoms with E-state index in [1.165, 1.54) is 0 Å². The van der Waals surface area contributed by atoms with E-state index >= 15 is 0 Å². The lowest BCUT2D eigenvalue weighted by Gasteiger charge is -2.08. The van der Waals surface area contributed by atoms with E-state index in [9.17, 15) is 4.79 Å². The zero-order valence-electron chi connectivity index (χ0n) is 9.87. The van der Waals surface area contributed by atoms with Crippen molar-refractivity contribution in [2.45, 2.75) is 20.3 Å². The largest absolute Gasteiger partial charge is 0.490 e. The Bertz CT molecular complexity index is 415. The van der Waals surface area contributed by atoms with Gasteiger partial charge in [0.2, 0.25) is 0 Å². The molecule has 0 unspecified atom stereocenters. The smallest absolute Gasteiger partial charge is 0.307 e. The highest BCUT2D eigenvalue weighted by atomic mass is 35.5. The lowest BCUT2D eigenvalue weighted by Crippen LogP contribution is -1.96. The molecule has 0 aliphatic rings. The van der Waals surface area contributed by atoms with Crippen LogP contribution in [0.1, 0.15) is 17.5 Å². The maximum atomic E-state index is 10.3. The average molecular weight is 255 g/mol. The number of carboxylic acids is 1. The van der Waals surface area contributed by atoms with Crippen molar-refractivity contribution in [1.82, 2.24) is 0 Å². The first-order valence-electron chi connectivity index (χ1n) is 5.27.